The number of nitrogens with zero attached hydrogens (tertiary/aromatic N) is 4. The van der Waals surface area contributed by atoms with Crippen molar-refractivity contribution in [1.29, 1.82) is 0 Å². The number of anilines is 1. The number of hydrogen-bond acceptors (Lipinski definition) is 6. The highest BCUT2D eigenvalue weighted by molar-refractivity contribution is 5.92. The molecule has 1 N–H and O–H groups in total. The summed E-state index contributed by atoms with van der Waals surface area (Å²) >= 11 is 0. The van der Waals surface area contributed by atoms with Crippen LogP contribution in [0, 0.1) is 6.92 Å². The number of benzene rings is 1. The van der Waals surface area contributed by atoms with Crippen LogP contribution < -0.4 is 5.32 Å². The normalized spacial score (nSPS) is 16.5. The third-order valence-corrected chi connectivity index (χ3v) is 4.35. The lowest BCUT2D eigenvalue weighted by molar-refractivity contribution is -0.136. The number of allylic oxidation sites excluding steroid dienone is 1. The van der Waals surface area contributed by atoms with Crippen molar-refractivity contribution in [3.63, 3.8) is 0 Å². The summed E-state index contributed by atoms with van der Waals surface area (Å²) in [5.74, 6) is 0.155. The quantitative estimate of drug-likeness (QED) is 0.725. The van der Waals surface area contributed by atoms with E-state index in [9.17, 15) is 4.79 Å². The van der Waals surface area contributed by atoms with E-state index >= 15 is 0 Å². The molecule has 0 amide bonds. The lowest BCUT2D eigenvalue weighted by Crippen LogP contribution is -2.29. The van der Waals surface area contributed by atoms with Crippen molar-refractivity contribution in [3.8, 4) is 0 Å². The van der Waals surface area contributed by atoms with Crippen molar-refractivity contribution < 1.29 is 9.53 Å². The van der Waals surface area contributed by atoms with E-state index in [2.05, 4.69) is 21.5 Å². The van der Waals surface area contributed by atoms with Gasteiger partial charge in [0.1, 0.15) is 12.4 Å². The standard InChI is InChI=1S/C18H17N5O2/c1-10-4-6-13-12(8-10)5-7-14(22-13)16-15(17(24)25-3)11(2)21-18-19-9-20-23(16)18/h4-9,16H,1-3H3,(H,19,20,21)/t16-/m1/s1. The SMILES string of the molecule is COC(=O)C1=C(C)Nc2ncnn2[C@@H]1c1ccc2cc(C)ccc2n1. The first-order chi connectivity index (χ1) is 12.1. The average Bonchev–Trinajstić information content (AvgIpc) is 3.07. The smallest absolute Gasteiger partial charge is 0.338 e. The summed E-state index contributed by atoms with van der Waals surface area (Å²) in [7, 11) is 1.37. The van der Waals surface area contributed by atoms with Crippen LogP contribution in [0.2, 0.25) is 0 Å². The van der Waals surface area contributed by atoms with Gasteiger partial charge in [0.15, 0.2) is 0 Å². The summed E-state index contributed by atoms with van der Waals surface area (Å²) in [4.78, 5) is 21.4. The molecule has 25 heavy (non-hydrogen) atoms. The van der Waals surface area contributed by atoms with Crippen LogP contribution >= 0.6 is 0 Å². The highest BCUT2D eigenvalue weighted by atomic mass is 16.5. The second kappa shape index (κ2) is 5.70. The lowest BCUT2D eigenvalue weighted by Gasteiger charge is -2.27. The molecule has 7 heteroatoms. The minimum atomic E-state index is -0.489. The van der Waals surface area contributed by atoms with Gasteiger partial charge in [0.25, 0.3) is 0 Å². The Morgan fingerprint density at radius 1 is 1.24 bits per heavy atom. The fraction of sp³-hybridized carbons (Fsp3) is 0.222. The summed E-state index contributed by atoms with van der Waals surface area (Å²) < 4.78 is 6.63. The Kier molecular flexibility index (Phi) is 3.49. The van der Waals surface area contributed by atoms with Gasteiger partial charge in [-0.25, -0.2) is 9.48 Å². The molecule has 0 radical (unpaired) electrons. The zero-order chi connectivity index (χ0) is 17.6. The van der Waals surface area contributed by atoms with E-state index in [1.807, 2.05) is 38.1 Å². The number of carbonyl (C=O) groups is 1. The number of fused-ring (bicyclic) bond motifs is 2. The van der Waals surface area contributed by atoms with Crippen molar-refractivity contribution >= 4 is 22.8 Å². The largest absolute Gasteiger partial charge is 0.466 e. The van der Waals surface area contributed by atoms with E-state index in [1.165, 1.54) is 19.0 Å². The van der Waals surface area contributed by atoms with Gasteiger partial charge < -0.3 is 10.1 Å². The van der Waals surface area contributed by atoms with Gasteiger partial charge in [-0.1, -0.05) is 17.7 Å². The number of esters is 1. The second-order valence-corrected chi connectivity index (χ2v) is 6.02. The Labute approximate surface area is 144 Å². The predicted molar refractivity (Wildman–Crippen MR) is 93.0 cm³/mol. The number of rotatable bonds is 2. The number of aromatic nitrogens is 4. The maximum absolute atomic E-state index is 12.4. The second-order valence-electron chi connectivity index (χ2n) is 6.02. The number of hydrogen-bond donors (Lipinski definition) is 1. The van der Waals surface area contributed by atoms with Crippen LogP contribution in [0.4, 0.5) is 5.95 Å². The molecular weight excluding hydrogens is 318 g/mol. The zero-order valence-electron chi connectivity index (χ0n) is 14.1. The van der Waals surface area contributed by atoms with Crippen LogP contribution in [-0.2, 0) is 9.53 Å². The molecular formula is C18H17N5O2. The summed E-state index contributed by atoms with van der Waals surface area (Å²) in [6.45, 7) is 3.87. The van der Waals surface area contributed by atoms with Crippen LogP contribution in [0.3, 0.4) is 0 Å². The maximum atomic E-state index is 12.4. The molecule has 0 saturated heterocycles. The van der Waals surface area contributed by atoms with E-state index < -0.39 is 12.0 Å². The fourth-order valence-corrected chi connectivity index (χ4v) is 3.15. The van der Waals surface area contributed by atoms with Gasteiger partial charge in [-0.15, -0.1) is 0 Å². The number of ether oxygens (including phenoxy) is 1. The average molecular weight is 335 g/mol. The molecule has 0 saturated carbocycles. The summed E-state index contributed by atoms with van der Waals surface area (Å²) in [5, 5.41) is 8.41. The Morgan fingerprint density at radius 3 is 2.88 bits per heavy atom. The molecule has 2 aromatic heterocycles. The first-order valence-corrected chi connectivity index (χ1v) is 7.91. The predicted octanol–water partition coefficient (Wildman–Crippen LogP) is 2.60. The molecule has 7 nitrogen and oxygen atoms in total. The molecule has 0 spiro atoms. The number of pyridine rings is 1. The Hall–Kier alpha value is -3.22. The van der Waals surface area contributed by atoms with Gasteiger partial charge in [0.05, 0.1) is 23.9 Å². The van der Waals surface area contributed by atoms with Gasteiger partial charge in [-0.3, -0.25) is 4.98 Å². The molecule has 126 valence electrons. The van der Waals surface area contributed by atoms with E-state index in [-0.39, 0.29) is 0 Å². The van der Waals surface area contributed by atoms with Crippen molar-refractivity contribution in [1.82, 2.24) is 19.7 Å². The van der Waals surface area contributed by atoms with E-state index in [0.717, 1.165) is 10.9 Å². The monoisotopic (exact) mass is 335 g/mol. The molecule has 0 fully saturated rings. The van der Waals surface area contributed by atoms with Crippen molar-refractivity contribution in [2.45, 2.75) is 19.9 Å². The van der Waals surface area contributed by atoms with Gasteiger partial charge in [-0.05, 0) is 32.0 Å². The molecule has 0 aliphatic carbocycles. The van der Waals surface area contributed by atoms with Crippen LogP contribution in [-0.4, -0.2) is 32.8 Å². The first-order valence-electron chi connectivity index (χ1n) is 7.91. The van der Waals surface area contributed by atoms with Gasteiger partial charge in [-0.2, -0.15) is 10.1 Å². The number of aryl methyl sites for hydroxylation is 1. The van der Waals surface area contributed by atoms with Crippen LogP contribution in [0.1, 0.15) is 24.2 Å². The third-order valence-electron chi connectivity index (χ3n) is 4.35. The number of carbonyl (C=O) groups excluding carboxylic acids is 1. The van der Waals surface area contributed by atoms with E-state index in [4.69, 9.17) is 9.72 Å². The maximum Gasteiger partial charge on any atom is 0.338 e. The van der Waals surface area contributed by atoms with Crippen molar-refractivity contribution in [2.75, 3.05) is 12.4 Å². The molecule has 4 rings (SSSR count). The fourth-order valence-electron chi connectivity index (χ4n) is 3.15. The minimum absolute atomic E-state index is 0.415. The Balaban J connectivity index is 1.92. The van der Waals surface area contributed by atoms with Gasteiger partial charge in [0.2, 0.25) is 5.95 Å². The molecule has 0 unspecified atom stereocenters. The van der Waals surface area contributed by atoms with Crippen LogP contribution in [0.15, 0.2) is 47.9 Å². The summed E-state index contributed by atoms with van der Waals surface area (Å²) in [6.07, 6.45) is 1.45. The van der Waals surface area contributed by atoms with E-state index in [0.29, 0.717) is 22.9 Å². The molecule has 1 atom stereocenters. The van der Waals surface area contributed by atoms with Crippen molar-refractivity contribution in [2.24, 2.45) is 0 Å². The molecule has 0 bridgehead atoms. The highest BCUT2D eigenvalue weighted by Gasteiger charge is 2.34. The molecule has 1 aliphatic heterocycles. The summed E-state index contributed by atoms with van der Waals surface area (Å²) in [6, 6.07) is 9.51. The Morgan fingerprint density at radius 2 is 2.08 bits per heavy atom. The van der Waals surface area contributed by atoms with Gasteiger partial charge >= 0.3 is 5.97 Å². The van der Waals surface area contributed by atoms with Crippen LogP contribution in [0.25, 0.3) is 10.9 Å². The van der Waals surface area contributed by atoms with Gasteiger partial charge in [0, 0.05) is 11.1 Å². The molecule has 1 aliphatic rings. The van der Waals surface area contributed by atoms with Crippen molar-refractivity contribution in [3.05, 3.63) is 59.2 Å². The molecule has 1 aromatic carbocycles. The third kappa shape index (κ3) is 2.44. The number of methoxy groups -OCH3 is 1. The molecule has 3 heterocycles. The Bertz CT molecular complexity index is 1020. The summed E-state index contributed by atoms with van der Waals surface area (Å²) in [5.41, 5.74) is 3.91. The van der Waals surface area contributed by atoms with E-state index in [1.54, 1.807) is 4.68 Å². The topological polar surface area (TPSA) is 81.9 Å². The molecule has 3 aromatic rings. The lowest BCUT2D eigenvalue weighted by atomic mass is 9.99. The van der Waals surface area contributed by atoms with Crippen LogP contribution in [0.5, 0.6) is 0 Å². The number of nitrogens with one attached hydrogen (secondary N) is 1. The first kappa shape index (κ1) is 15.3. The minimum Gasteiger partial charge on any atom is -0.466 e. The highest BCUT2D eigenvalue weighted by Crippen LogP contribution is 2.34. The zero-order valence-corrected chi connectivity index (χ0v) is 14.1.